The molecule has 0 aliphatic heterocycles. The van der Waals surface area contributed by atoms with Gasteiger partial charge in [-0.2, -0.15) is 5.10 Å². The first kappa shape index (κ1) is 19.6. The maximum atomic E-state index is 9.50. The van der Waals surface area contributed by atoms with Crippen molar-refractivity contribution < 1.29 is 9.13 Å². The molecule has 0 atom stereocenters. The molecule has 5 heteroatoms. The molecule has 0 radical (unpaired) electrons. The molecule has 0 saturated heterocycles. The van der Waals surface area contributed by atoms with Crippen LogP contribution < -0.4 is 0 Å². The fourth-order valence-electron chi connectivity index (χ4n) is 1.41. The average Bonchev–Trinajstić information content (AvgIpc) is 2.57. The molecule has 1 aromatic rings. The summed E-state index contributed by atoms with van der Waals surface area (Å²) in [6.07, 6.45) is 1.60. The van der Waals surface area contributed by atoms with Crippen LogP contribution in [0.1, 0.15) is 11.1 Å². The minimum absolute atomic E-state index is 0.402. The Morgan fingerprint density at radius 3 is 2.45 bits per heavy atom. The van der Waals surface area contributed by atoms with E-state index in [9.17, 15) is 4.39 Å². The van der Waals surface area contributed by atoms with Crippen molar-refractivity contribution in [1.29, 1.82) is 0 Å². The predicted molar refractivity (Wildman–Crippen MR) is 90.9 cm³/mol. The van der Waals surface area contributed by atoms with Crippen molar-refractivity contribution in [3.05, 3.63) is 48.2 Å². The molecule has 0 amide bonds. The van der Waals surface area contributed by atoms with Gasteiger partial charge < -0.3 is 4.74 Å². The van der Waals surface area contributed by atoms with Crippen molar-refractivity contribution in [3.8, 4) is 11.8 Å². The van der Waals surface area contributed by atoms with E-state index in [2.05, 4.69) is 35.2 Å². The molecule has 0 N–H and O–H groups in total. The van der Waals surface area contributed by atoms with Gasteiger partial charge in [0.25, 0.3) is 0 Å². The molecule has 0 fully saturated rings. The minimum Gasteiger partial charge on any atom is -0.372 e. The van der Waals surface area contributed by atoms with Gasteiger partial charge in [-0.15, -0.1) is 0 Å². The summed E-state index contributed by atoms with van der Waals surface area (Å²) in [4.78, 5) is 3.96. The fraction of sp³-hybridized carbons (Fsp3) is 0.294. The standard InChI is InChI=1S/C16H19N3O.CH3F/c1-5-19(12-6-7-13-20-4)18-16(17-3)15-10-8-14(2)9-11-15;1-2/h5,8-11H,1,3,12-13H2,2,4H3;1H3/b18-16-;. The highest BCUT2D eigenvalue weighted by molar-refractivity contribution is 6.01. The fourth-order valence-corrected chi connectivity index (χ4v) is 1.41. The molecule has 22 heavy (non-hydrogen) atoms. The summed E-state index contributed by atoms with van der Waals surface area (Å²) in [7, 11) is 2.11. The van der Waals surface area contributed by atoms with Gasteiger partial charge >= 0.3 is 0 Å². The molecule has 1 aromatic carbocycles. The molecular weight excluding hydrogens is 281 g/mol. The van der Waals surface area contributed by atoms with Crippen LogP contribution >= 0.6 is 0 Å². The molecule has 4 nitrogen and oxygen atoms in total. The number of hydrazone groups is 1. The van der Waals surface area contributed by atoms with E-state index >= 15 is 0 Å². The van der Waals surface area contributed by atoms with Crippen LogP contribution in [0.4, 0.5) is 4.39 Å². The zero-order valence-corrected chi connectivity index (χ0v) is 13.3. The molecule has 1 rings (SSSR count). The zero-order valence-electron chi connectivity index (χ0n) is 13.3. The van der Waals surface area contributed by atoms with Crippen LogP contribution in [-0.2, 0) is 4.74 Å². The quantitative estimate of drug-likeness (QED) is 0.363. The van der Waals surface area contributed by atoms with Gasteiger partial charge in [-0.25, -0.2) is 4.99 Å². The van der Waals surface area contributed by atoms with E-state index in [4.69, 9.17) is 4.74 Å². The predicted octanol–water partition coefficient (Wildman–Crippen LogP) is 3.04. The second kappa shape index (κ2) is 12.3. The van der Waals surface area contributed by atoms with Crippen molar-refractivity contribution in [2.45, 2.75) is 6.92 Å². The monoisotopic (exact) mass is 303 g/mol. The first-order valence-corrected chi connectivity index (χ1v) is 6.55. The number of aryl methyl sites for hydroxylation is 1. The maximum Gasteiger partial charge on any atom is 0.178 e. The van der Waals surface area contributed by atoms with Gasteiger partial charge in [-0.3, -0.25) is 9.40 Å². The molecule has 0 bridgehead atoms. The van der Waals surface area contributed by atoms with Crippen molar-refractivity contribution in [3.63, 3.8) is 0 Å². The summed E-state index contributed by atoms with van der Waals surface area (Å²) in [5.41, 5.74) is 2.09. The third-order valence-corrected chi connectivity index (χ3v) is 2.48. The molecule has 0 unspecified atom stereocenters. The second-order valence-corrected chi connectivity index (χ2v) is 4.01. The number of methoxy groups -OCH3 is 1. The van der Waals surface area contributed by atoms with Gasteiger partial charge in [-0.05, 0) is 13.6 Å². The molecule has 0 heterocycles. The third-order valence-electron chi connectivity index (χ3n) is 2.48. The first-order chi connectivity index (χ1) is 10.7. The van der Waals surface area contributed by atoms with Crippen LogP contribution in [0.3, 0.4) is 0 Å². The Kier molecular flexibility index (Phi) is 10.9. The molecule has 0 aliphatic rings. The van der Waals surface area contributed by atoms with E-state index < -0.39 is 0 Å². The molecule has 118 valence electrons. The number of hydrogen-bond donors (Lipinski definition) is 0. The normalized spacial score (nSPS) is 9.73. The summed E-state index contributed by atoms with van der Waals surface area (Å²) in [5.74, 6) is 6.34. The molecule has 0 aliphatic carbocycles. The van der Waals surface area contributed by atoms with Crippen LogP contribution in [0.25, 0.3) is 0 Å². The Hall–Kier alpha value is -2.45. The Bertz CT molecular complexity index is 541. The van der Waals surface area contributed by atoms with E-state index in [1.807, 2.05) is 31.2 Å². The van der Waals surface area contributed by atoms with Crippen LogP contribution in [0, 0.1) is 18.8 Å². The summed E-state index contributed by atoms with van der Waals surface area (Å²) in [6, 6.07) is 7.93. The van der Waals surface area contributed by atoms with E-state index in [1.54, 1.807) is 18.3 Å². The summed E-state index contributed by atoms with van der Waals surface area (Å²) in [6.45, 7) is 10.1. The molecule has 0 aromatic heterocycles. The number of aliphatic imine (C=N–C) groups is 1. The van der Waals surface area contributed by atoms with Crippen molar-refractivity contribution in [2.75, 3.05) is 27.4 Å². The first-order valence-electron chi connectivity index (χ1n) is 6.55. The smallest absolute Gasteiger partial charge is 0.178 e. The van der Waals surface area contributed by atoms with Crippen LogP contribution in [0.2, 0.25) is 0 Å². The largest absolute Gasteiger partial charge is 0.372 e. The number of benzene rings is 1. The maximum absolute atomic E-state index is 9.50. The highest BCUT2D eigenvalue weighted by Gasteiger charge is 2.02. The lowest BCUT2D eigenvalue weighted by Crippen LogP contribution is -2.13. The topological polar surface area (TPSA) is 37.2 Å². The van der Waals surface area contributed by atoms with Crippen LogP contribution in [0.15, 0.2) is 47.1 Å². The number of nitrogens with zero attached hydrogens (tertiary/aromatic N) is 3. The summed E-state index contributed by atoms with van der Waals surface area (Å²) < 4.78 is 14.4. The number of amidine groups is 1. The highest BCUT2D eigenvalue weighted by Crippen LogP contribution is 2.07. The number of halogens is 1. The molecule has 0 spiro atoms. The summed E-state index contributed by atoms with van der Waals surface area (Å²) >= 11 is 0. The Balaban J connectivity index is 0.00000211. The number of ether oxygens (including phenoxy) is 1. The van der Waals surface area contributed by atoms with Gasteiger partial charge in [0.05, 0.1) is 7.18 Å². The minimum atomic E-state index is 0.402. The third kappa shape index (κ3) is 7.36. The molecular formula is C17H22FN3O. The zero-order chi connectivity index (χ0) is 16.8. The van der Waals surface area contributed by atoms with Gasteiger partial charge in [-0.1, -0.05) is 48.2 Å². The van der Waals surface area contributed by atoms with Gasteiger partial charge in [0, 0.05) is 18.9 Å². The van der Waals surface area contributed by atoms with Crippen LogP contribution in [0.5, 0.6) is 0 Å². The summed E-state index contributed by atoms with van der Waals surface area (Å²) in [5, 5.41) is 5.99. The van der Waals surface area contributed by atoms with Gasteiger partial charge in [0.15, 0.2) is 5.84 Å². The van der Waals surface area contributed by atoms with Gasteiger partial charge in [0.2, 0.25) is 0 Å². The van der Waals surface area contributed by atoms with Crippen LogP contribution in [-0.4, -0.2) is 45.0 Å². The second-order valence-electron chi connectivity index (χ2n) is 4.01. The highest BCUT2D eigenvalue weighted by atomic mass is 19.1. The van der Waals surface area contributed by atoms with Crippen molar-refractivity contribution in [2.24, 2.45) is 10.1 Å². The number of alkyl halides is 1. The Morgan fingerprint density at radius 2 is 1.95 bits per heavy atom. The SMILES string of the molecule is C=CN(CC#CCOC)/N=C(\N=C)c1ccc(C)cc1.CF. The molecule has 0 saturated carbocycles. The van der Waals surface area contributed by atoms with Gasteiger partial charge in [0.1, 0.15) is 13.2 Å². The lowest BCUT2D eigenvalue weighted by atomic mass is 10.1. The van der Waals surface area contributed by atoms with Crippen molar-refractivity contribution >= 4 is 12.6 Å². The Labute approximate surface area is 132 Å². The van der Waals surface area contributed by atoms with Crippen molar-refractivity contribution in [1.82, 2.24) is 5.01 Å². The van der Waals surface area contributed by atoms with E-state index in [1.165, 1.54) is 5.56 Å². The van der Waals surface area contributed by atoms with E-state index in [0.29, 0.717) is 26.2 Å². The number of hydrogen-bond acceptors (Lipinski definition) is 3. The number of rotatable bonds is 5. The Morgan fingerprint density at radius 1 is 1.32 bits per heavy atom. The van der Waals surface area contributed by atoms with E-state index in [-0.39, 0.29) is 0 Å². The van der Waals surface area contributed by atoms with E-state index in [0.717, 1.165) is 5.56 Å². The average molecular weight is 303 g/mol. The lowest BCUT2D eigenvalue weighted by molar-refractivity contribution is 0.239. The lowest BCUT2D eigenvalue weighted by Gasteiger charge is -2.11.